The molecule has 0 fully saturated rings. The van der Waals surface area contributed by atoms with Gasteiger partial charge in [0.1, 0.15) is 0 Å². The van der Waals surface area contributed by atoms with Crippen LogP contribution in [0.4, 0.5) is 0 Å². The Morgan fingerprint density at radius 1 is 1.17 bits per heavy atom. The van der Waals surface area contributed by atoms with E-state index in [0.717, 1.165) is 11.3 Å². The summed E-state index contributed by atoms with van der Waals surface area (Å²) in [7, 11) is 1.81. The number of allylic oxidation sites excluding steroid dienone is 4. The smallest absolute Gasteiger partial charge is 0.0464 e. The van der Waals surface area contributed by atoms with Crippen LogP contribution < -0.4 is 5.32 Å². The number of hydrogen-bond donors (Lipinski definition) is 1. The number of thiocarbonyl (C=S) groups is 1. The van der Waals surface area contributed by atoms with Gasteiger partial charge in [-0.3, -0.25) is 0 Å². The Labute approximate surface area is 79.2 Å². The first-order valence-electron chi connectivity index (χ1n) is 3.54. The Bertz CT molecular complexity index is 249. The quantitative estimate of drug-likeness (QED) is 0.395. The Morgan fingerprint density at radius 3 is 2.00 bits per heavy atom. The van der Waals surface area contributed by atoms with Gasteiger partial charge in [0.05, 0.1) is 0 Å². The van der Waals surface area contributed by atoms with Crippen LogP contribution in [0.25, 0.3) is 0 Å². The molecule has 0 heterocycles. The van der Waals surface area contributed by atoms with Gasteiger partial charge in [-0.05, 0) is 6.08 Å². The van der Waals surface area contributed by atoms with E-state index in [-0.39, 0.29) is 0 Å². The highest BCUT2D eigenvalue weighted by Crippen LogP contribution is 2.07. The molecule has 0 aromatic carbocycles. The normalized spacial score (nSPS) is 11.1. The van der Waals surface area contributed by atoms with Crippen molar-refractivity contribution in [3.05, 3.63) is 49.2 Å². The maximum absolute atomic E-state index is 5.05. The van der Waals surface area contributed by atoms with Gasteiger partial charge < -0.3 is 5.32 Å². The molecule has 0 aliphatic heterocycles. The van der Waals surface area contributed by atoms with Gasteiger partial charge in [0.25, 0.3) is 0 Å². The molecule has 0 saturated carbocycles. The zero-order valence-electron chi connectivity index (χ0n) is 7.26. The van der Waals surface area contributed by atoms with Crippen LogP contribution in [0.2, 0.25) is 0 Å². The van der Waals surface area contributed by atoms with Crippen molar-refractivity contribution in [3.8, 4) is 0 Å². The second-order valence-electron chi connectivity index (χ2n) is 2.05. The Balaban J connectivity index is 5.06. The molecular weight excluding hydrogens is 166 g/mol. The number of hydrogen-bond acceptors (Lipinski definition) is 2. The average molecular weight is 179 g/mol. The lowest BCUT2D eigenvalue weighted by Gasteiger charge is -2.06. The molecule has 1 nitrogen and oxygen atoms in total. The third-order valence-electron chi connectivity index (χ3n) is 1.42. The summed E-state index contributed by atoms with van der Waals surface area (Å²) in [5, 5.41) is 2.97. The van der Waals surface area contributed by atoms with Crippen LogP contribution in [0.15, 0.2) is 49.2 Å². The van der Waals surface area contributed by atoms with Crippen LogP contribution in [0.5, 0.6) is 0 Å². The number of rotatable bonds is 5. The van der Waals surface area contributed by atoms with E-state index in [1.165, 1.54) is 0 Å². The highest BCUT2D eigenvalue weighted by atomic mass is 32.1. The van der Waals surface area contributed by atoms with Gasteiger partial charge in [0.15, 0.2) is 0 Å². The molecule has 0 spiro atoms. The Hall–Kier alpha value is -1.15. The van der Waals surface area contributed by atoms with Crippen molar-refractivity contribution in [1.29, 1.82) is 0 Å². The molecule has 0 amide bonds. The lowest BCUT2D eigenvalue weighted by Crippen LogP contribution is -2.09. The van der Waals surface area contributed by atoms with Crippen molar-refractivity contribution in [2.75, 3.05) is 7.05 Å². The third kappa shape index (κ3) is 2.47. The molecule has 0 aliphatic rings. The molecule has 0 aliphatic carbocycles. The minimum atomic E-state index is 0.675. The topological polar surface area (TPSA) is 12.0 Å². The Morgan fingerprint density at radius 2 is 1.75 bits per heavy atom. The molecule has 0 rings (SSSR count). The Kier molecular flexibility index (Phi) is 4.97. The molecule has 0 atom stereocenters. The number of likely N-dealkylation sites (N-methyl/N-ethyl adjacent to an activating group) is 1. The average Bonchev–Trinajstić information content (AvgIpc) is 2.12. The van der Waals surface area contributed by atoms with Gasteiger partial charge in [-0.2, -0.15) is 0 Å². The van der Waals surface area contributed by atoms with Crippen LogP contribution in [-0.2, 0) is 0 Å². The summed E-state index contributed by atoms with van der Waals surface area (Å²) in [5.74, 6) is 0. The number of nitrogens with one attached hydrogen (secondary N) is 1. The summed E-state index contributed by atoms with van der Waals surface area (Å²) in [5.41, 5.74) is 1.73. The summed E-state index contributed by atoms with van der Waals surface area (Å²) in [6.45, 7) is 10.9. The van der Waals surface area contributed by atoms with Crippen molar-refractivity contribution in [2.45, 2.75) is 0 Å². The van der Waals surface area contributed by atoms with E-state index in [0.29, 0.717) is 4.86 Å². The molecule has 12 heavy (non-hydrogen) atoms. The summed E-state index contributed by atoms with van der Waals surface area (Å²) in [4.78, 5) is 0.675. The molecule has 0 saturated heterocycles. The minimum Gasteiger partial charge on any atom is -0.388 e. The zero-order valence-corrected chi connectivity index (χ0v) is 8.08. The molecule has 0 aromatic heterocycles. The maximum Gasteiger partial charge on any atom is 0.0464 e. The van der Waals surface area contributed by atoms with Crippen molar-refractivity contribution < 1.29 is 0 Å². The first-order valence-corrected chi connectivity index (χ1v) is 3.95. The molecule has 2 heteroatoms. The van der Waals surface area contributed by atoms with Crippen LogP contribution in [0, 0.1) is 0 Å². The van der Waals surface area contributed by atoms with Crippen molar-refractivity contribution in [3.63, 3.8) is 0 Å². The molecule has 0 bridgehead atoms. The van der Waals surface area contributed by atoms with Gasteiger partial charge in [0, 0.05) is 23.2 Å². The molecule has 0 radical (unpaired) electrons. The summed E-state index contributed by atoms with van der Waals surface area (Å²) in [6, 6.07) is 0. The van der Waals surface area contributed by atoms with Gasteiger partial charge in [0.2, 0.25) is 0 Å². The standard InChI is InChI=1S/C10H13NS/c1-5-8(10(12)7-3)9(6-2)11-4/h5-7,11H,1-3H2,4H3/b9-8-. The van der Waals surface area contributed by atoms with Gasteiger partial charge >= 0.3 is 0 Å². The van der Waals surface area contributed by atoms with Crippen LogP contribution in [0.1, 0.15) is 0 Å². The molecule has 0 aromatic rings. The first kappa shape index (κ1) is 10.8. The van der Waals surface area contributed by atoms with E-state index in [4.69, 9.17) is 12.2 Å². The van der Waals surface area contributed by atoms with E-state index in [1.807, 2.05) is 7.05 Å². The summed E-state index contributed by atoms with van der Waals surface area (Å²) >= 11 is 5.05. The van der Waals surface area contributed by atoms with E-state index in [9.17, 15) is 0 Å². The fraction of sp³-hybridized carbons (Fsp3) is 0.100. The highest BCUT2D eigenvalue weighted by Gasteiger charge is 2.00. The van der Waals surface area contributed by atoms with Crippen LogP contribution >= 0.6 is 12.2 Å². The summed E-state index contributed by atoms with van der Waals surface area (Å²) < 4.78 is 0. The SMILES string of the molecule is C=CC(=S)/C(C=C)=C(/C=C)NC. The second kappa shape index (κ2) is 5.49. The largest absolute Gasteiger partial charge is 0.388 e. The lowest BCUT2D eigenvalue weighted by molar-refractivity contribution is 1.03. The summed E-state index contributed by atoms with van der Waals surface area (Å²) in [6.07, 6.45) is 5.01. The molecule has 0 unspecified atom stereocenters. The first-order chi connectivity index (χ1) is 5.71. The fourth-order valence-electron chi connectivity index (χ4n) is 0.800. The lowest BCUT2D eigenvalue weighted by atomic mass is 10.1. The predicted molar refractivity (Wildman–Crippen MR) is 59.3 cm³/mol. The molecule has 64 valence electrons. The molecule has 1 N–H and O–H groups in total. The van der Waals surface area contributed by atoms with E-state index in [1.54, 1.807) is 18.2 Å². The monoisotopic (exact) mass is 179 g/mol. The van der Waals surface area contributed by atoms with Crippen molar-refractivity contribution >= 4 is 17.1 Å². The maximum atomic E-state index is 5.05. The van der Waals surface area contributed by atoms with Crippen LogP contribution in [0.3, 0.4) is 0 Å². The molecular formula is C10H13NS. The predicted octanol–water partition coefficient (Wildman–Crippen LogP) is 2.39. The highest BCUT2D eigenvalue weighted by molar-refractivity contribution is 7.81. The van der Waals surface area contributed by atoms with Crippen molar-refractivity contribution in [1.82, 2.24) is 5.32 Å². The van der Waals surface area contributed by atoms with E-state index in [2.05, 4.69) is 25.1 Å². The van der Waals surface area contributed by atoms with Gasteiger partial charge in [-0.1, -0.05) is 44.1 Å². The zero-order chi connectivity index (χ0) is 9.56. The fourth-order valence-corrected chi connectivity index (χ4v) is 0.993. The van der Waals surface area contributed by atoms with Gasteiger partial charge in [-0.25, -0.2) is 0 Å². The van der Waals surface area contributed by atoms with E-state index >= 15 is 0 Å². The second-order valence-corrected chi connectivity index (χ2v) is 2.49. The van der Waals surface area contributed by atoms with Crippen LogP contribution in [-0.4, -0.2) is 11.9 Å². The van der Waals surface area contributed by atoms with E-state index < -0.39 is 0 Å². The third-order valence-corrected chi connectivity index (χ3v) is 1.81. The minimum absolute atomic E-state index is 0.675. The van der Waals surface area contributed by atoms with Gasteiger partial charge in [-0.15, -0.1) is 0 Å². The van der Waals surface area contributed by atoms with Crippen molar-refractivity contribution in [2.24, 2.45) is 0 Å².